The van der Waals surface area contributed by atoms with Crippen molar-refractivity contribution in [3.63, 3.8) is 0 Å². The van der Waals surface area contributed by atoms with E-state index in [2.05, 4.69) is 22.0 Å². The van der Waals surface area contributed by atoms with Gasteiger partial charge in [-0.3, -0.25) is 4.79 Å². The number of rotatable bonds is 2. The molecule has 0 saturated heterocycles. The first-order chi connectivity index (χ1) is 8.74. The minimum absolute atomic E-state index is 0.00391. The molecule has 0 amide bonds. The van der Waals surface area contributed by atoms with Crippen molar-refractivity contribution in [3.05, 3.63) is 62.5 Å². The van der Waals surface area contributed by atoms with E-state index in [4.69, 9.17) is 4.74 Å². The molecule has 1 aliphatic heterocycles. The molecule has 3 nitrogen and oxygen atoms in total. The zero-order valence-corrected chi connectivity index (χ0v) is 11.3. The third-order valence-electron chi connectivity index (χ3n) is 3.07. The maximum absolute atomic E-state index is 11.7. The molecule has 1 aromatic carbocycles. The zero-order chi connectivity index (χ0) is 12.5. The second kappa shape index (κ2) is 4.61. The summed E-state index contributed by atoms with van der Waals surface area (Å²) >= 11 is 3.50. The smallest absolute Gasteiger partial charge is 0.250 e. The van der Waals surface area contributed by atoms with Gasteiger partial charge in [0.15, 0.2) is 0 Å². The first-order valence-electron chi connectivity index (χ1n) is 5.83. The maximum Gasteiger partial charge on any atom is 0.250 e. The summed E-state index contributed by atoms with van der Waals surface area (Å²) in [6.45, 7) is 1.27. The molecule has 92 valence electrons. The van der Waals surface area contributed by atoms with Gasteiger partial charge in [0.2, 0.25) is 0 Å². The highest BCUT2D eigenvalue weighted by Gasteiger charge is 2.17. The van der Waals surface area contributed by atoms with Crippen LogP contribution in [0, 0.1) is 0 Å². The summed E-state index contributed by atoms with van der Waals surface area (Å²) in [5.41, 5.74) is 2.26. The Morgan fingerprint density at radius 2 is 2.22 bits per heavy atom. The molecule has 0 unspecified atom stereocenters. The summed E-state index contributed by atoms with van der Waals surface area (Å²) in [5.74, 6) is 0.939. The van der Waals surface area contributed by atoms with Gasteiger partial charge in [0.25, 0.3) is 5.56 Å². The summed E-state index contributed by atoms with van der Waals surface area (Å²) in [6.07, 6.45) is 2.73. The van der Waals surface area contributed by atoms with E-state index in [0.717, 1.165) is 28.8 Å². The molecule has 2 heterocycles. The number of aromatic nitrogens is 1. The normalized spacial score (nSPS) is 13.2. The summed E-state index contributed by atoms with van der Waals surface area (Å²) < 4.78 is 8.38. The highest BCUT2D eigenvalue weighted by molar-refractivity contribution is 9.10. The van der Waals surface area contributed by atoms with Crippen molar-refractivity contribution in [2.45, 2.75) is 13.0 Å². The highest BCUT2D eigenvalue weighted by Crippen LogP contribution is 2.33. The van der Waals surface area contributed by atoms with Gasteiger partial charge in [0.05, 0.1) is 13.2 Å². The molecule has 0 spiro atoms. The SMILES string of the molecule is O=c1ccccn1Cc1cc(Br)cc2c1OCC2. The quantitative estimate of drug-likeness (QED) is 0.854. The van der Waals surface area contributed by atoms with Gasteiger partial charge in [-0.15, -0.1) is 0 Å². The molecule has 0 N–H and O–H groups in total. The summed E-state index contributed by atoms with van der Waals surface area (Å²) in [5, 5.41) is 0. The molecule has 0 saturated carbocycles. The maximum atomic E-state index is 11.7. The van der Waals surface area contributed by atoms with Crippen molar-refractivity contribution >= 4 is 15.9 Å². The fourth-order valence-corrected chi connectivity index (χ4v) is 2.79. The summed E-state index contributed by atoms with van der Waals surface area (Å²) in [6, 6.07) is 9.28. The van der Waals surface area contributed by atoms with E-state index in [-0.39, 0.29) is 5.56 Å². The van der Waals surface area contributed by atoms with E-state index in [9.17, 15) is 4.79 Å². The molecule has 0 fully saturated rings. The Balaban J connectivity index is 2.04. The van der Waals surface area contributed by atoms with Crippen LogP contribution in [-0.4, -0.2) is 11.2 Å². The molecule has 1 aromatic heterocycles. The minimum Gasteiger partial charge on any atom is -0.493 e. The van der Waals surface area contributed by atoms with E-state index in [0.29, 0.717) is 6.54 Å². The van der Waals surface area contributed by atoms with E-state index in [1.165, 1.54) is 5.56 Å². The van der Waals surface area contributed by atoms with Gasteiger partial charge in [-0.25, -0.2) is 0 Å². The van der Waals surface area contributed by atoms with E-state index in [1.54, 1.807) is 22.9 Å². The Morgan fingerprint density at radius 1 is 1.33 bits per heavy atom. The molecular formula is C14H12BrNO2. The Bertz CT molecular complexity index is 648. The van der Waals surface area contributed by atoms with Crippen LogP contribution >= 0.6 is 15.9 Å². The number of ether oxygens (including phenoxy) is 1. The summed E-state index contributed by atoms with van der Waals surface area (Å²) in [7, 11) is 0. The van der Waals surface area contributed by atoms with Crippen molar-refractivity contribution < 1.29 is 4.74 Å². The fourth-order valence-electron chi connectivity index (χ4n) is 2.24. The van der Waals surface area contributed by atoms with Crippen molar-refractivity contribution in [2.24, 2.45) is 0 Å². The Hall–Kier alpha value is -1.55. The van der Waals surface area contributed by atoms with Crippen LogP contribution in [0.1, 0.15) is 11.1 Å². The molecule has 18 heavy (non-hydrogen) atoms. The first-order valence-corrected chi connectivity index (χ1v) is 6.63. The van der Waals surface area contributed by atoms with Gasteiger partial charge >= 0.3 is 0 Å². The molecular weight excluding hydrogens is 294 g/mol. The molecule has 4 heteroatoms. The van der Waals surface area contributed by atoms with E-state index >= 15 is 0 Å². The van der Waals surface area contributed by atoms with Gasteiger partial charge < -0.3 is 9.30 Å². The second-order valence-electron chi connectivity index (χ2n) is 4.32. The third kappa shape index (κ3) is 2.08. The number of hydrogen-bond donors (Lipinski definition) is 0. The van der Waals surface area contributed by atoms with Crippen LogP contribution in [0.5, 0.6) is 5.75 Å². The van der Waals surface area contributed by atoms with Crippen LogP contribution in [0.3, 0.4) is 0 Å². The third-order valence-corrected chi connectivity index (χ3v) is 3.52. The van der Waals surface area contributed by atoms with Crippen LogP contribution in [0.15, 0.2) is 45.8 Å². The van der Waals surface area contributed by atoms with Crippen LogP contribution in [0.25, 0.3) is 0 Å². The lowest BCUT2D eigenvalue weighted by Crippen LogP contribution is -2.18. The molecule has 0 bridgehead atoms. The summed E-state index contributed by atoms with van der Waals surface area (Å²) in [4.78, 5) is 11.7. The van der Waals surface area contributed by atoms with Crippen molar-refractivity contribution in [3.8, 4) is 5.75 Å². The molecule has 0 aliphatic carbocycles. The van der Waals surface area contributed by atoms with E-state index in [1.807, 2.05) is 12.1 Å². The molecule has 3 rings (SSSR count). The van der Waals surface area contributed by atoms with Crippen molar-refractivity contribution in [1.82, 2.24) is 4.57 Å². The van der Waals surface area contributed by atoms with Crippen LogP contribution < -0.4 is 10.3 Å². The Labute approximate surface area is 113 Å². The lowest BCUT2D eigenvalue weighted by Gasteiger charge is -2.10. The van der Waals surface area contributed by atoms with Crippen LogP contribution in [-0.2, 0) is 13.0 Å². The second-order valence-corrected chi connectivity index (χ2v) is 5.23. The van der Waals surface area contributed by atoms with Gasteiger partial charge in [-0.2, -0.15) is 0 Å². The number of fused-ring (bicyclic) bond motifs is 1. The first kappa shape index (κ1) is 11.5. The number of nitrogens with zero attached hydrogens (tertiary/aromatic N) is 1. The molecule has 0 radical (unpaired) electrons. The molecule has 2 aromatic rings. The van der Waals surface area contributed by atoms with E-state index < -0.39 is 0 Å². The average molecular weight is 306 g/mol. The highest BCUT2D eigenvalue weighted by atomic mass is 79.9. The minimum atomic E-state index is 0.00391. The molecule has 0 atom stereocenters. The van der Waals surface area contributed by atoms with Gasteiger partial charge in [-0.1, -0.05) is 22.0 Å². The number of pyridine rings is 1. The van der Waals surface area contributed by atoms with Crippen molar-refractivity contribution in [2.75, 3.05) is 6.61 Å². The predicted octanol–water partition coefficient (Wildman–Crippen LogP) is 2.59. The standard InChI is InChI=1S/C14H12BrNO2/c15-12-7-10-4-6-18-14(10)11(8-12)9-16-5-2-1-3-13(16)17/h1-3,5,7-8H,4,6,9H2. The van der Waals surface area contributed by atoms with Crippen molar-refractivity contribution in [1.29, 1.82) is 0 Å². The number of hydrogen-bond acceptors (Lipinski definition) is 2. The predicted molar refractivity (Wildman–Crippen MR) is 73.1 cm³/mol. The number of halogens is 1. The monoisotopic (exact) mass is 305 g/mol. The van der Waals surface area contributed by atoms with Gasteiger partial charge in [0.1, 0.15) is 5.75 Å². The van der Waals surface area contributed by atoms with Gasteiger partial charge in [-0.05, 0) is 23.8 Å². The fraction of sp³-hybridized carbons (Fsp3) is 0.214. The largest absolute Gasteiger partial charge is 0.493 e. The zero-order valence-electron chi connectivity index (χ0n) is 9.73. The topological polar surface area (TPSA) is 31.2 Å². The molecule has 1 aliphatic rings. The van der Waals surface area contributed by atoms with Crippen LogP contribution in [0.2, 0.25) is 0 Å². The Kier molecular flexibility index (Phi) is 2.96. The lowest BCUT2D eigenvalue weighted by atomic mass is 10.1. The average Bonchev–Trinajstić information content (AvgIpc) is 2.80. The lowest BCUT2D eigenvalue weighted by molar-refractivity contribution is 0.352. The Morgan fingerprint density at radius 3 is 3.06 bits per heavy atom. The van der Waals surface area contributed by atoms with Gasteiger partial charge in [0, 0.05) is 28.7 Å². The number of benzene rings is 1. The van der Waals surface area contributed by atoms with Crippen LogP contribution in [0.4, 0.5) is 0 Å².